The van der Waals surface area contributed by atoms with Crippen LogP contribution in [-0.2, 0) is 10.0 Å². The minimum absolute atomic E-state index is 0.212. The summed E-state index contributed by atoms with van der Waals surface area (Å²) >= 11 is 3.40. The van der Waals surface area contributed by atoms with Gasteiger partial charge in [-0.15, -0.1) is 0 Å². The number of benzene rings is 1. The van der Waals surface area contributed by atoms with E-state index >= 15 is 0 Å². The Bertz CT molecular complexity index is 540. The molecule has 0 saturated carbocycles. The van der Waals surface area contributed by atoms with Gasteiger partial charge in [0, 0.05) is 10.2 Å². The summed E-state index contributed by atoms with van der Waals surface area (Å²) in [7, 11) is -3.26. The van der Waals surface area contributed by atoms with Gasteiger partial charge in [-0.25, -0.2) is 8.42 Å². The van der Waals surface area contributed by atoms with E-state index in [1.54, 1.807) is 6.07 Å². The van der Waals surface area contributed by atoms with Crippen LogP contribution in [0.25, 0.3) is 0 Å². The van der Waals surface area contributed by atoms with Crippen LogP contribution in [0.5, 0.6) is 0 Å². The predicted molar refractivity (Wildman–Crippen MR) is 81.9 cm³/mol. The maximum absolute atomic E-state index is 12.1. The molecule has 1 fully saturated rings. The topological polar surface area (TPSA) is 58.2 Å². The second kappa shape index (κ2) is 6.24. The highest BCUT2D eigenvalue weighted by Crippen LogP contribution is 2.22. The molecule has 106 valence electrons. The normalized spacial score (nSPS) is 17.4. The van der Waals surface area contributed by atoms with Gasteiger partial charge in [-0.1, -0.05) is 15.9 Å². The Morgan fingerprint density at radius 3 is 2.68 bits per heavy atom. The molecule has 1 heterocycles. The van der Waals surface area contributed by atoms with E-state index in [1.165, 1.54) is 0 Å². The molecule has 2 rings (SSSR count). The van der Waals surface area contributed by atoms with E-state index in [-0.39, 0.29) is 11.7 Å². The van der Waals surface area contributed by atoms with Crippen LogP contribution in [0, 0.1) is 12.8 Å². The highest BCUT2D eigenvalue weighted by molar-refractivity contribution is 9.10. The number of anilines is 1. The lowest BCUT2D eigenvalue weighted by Gasteiger charge is -2.22. The van der Waals surface area contributed by atoms with E-state index in [0.717, 1.165) is 36.0 Å². The van der Waals surface area contributed by atoms with Crippen molar-refractivity contribution >= 4 is 31.6 Å². The van der Waals surface area contributed by atoms with Gasteiger partial charge < -0.3 is 5.32 Å². The molecule has 1 aromatic carbocycles. The summed E-state index contributed by atoms with van der Waals surface area (Å²) in [6.45, 7) is 3.77. The molecular weight excluding hydrogens is 328 g/mol. The zero-order valence-electron chi connectivity index (χ0n) is 10.9. The van der Waals surface area contributed by atoms with Crippen LogP contribution < -0.4 is 10.0 Å². The van der Waals surface area contributed by atoms with E-state index < -0.39 is 10.0 Å². The first kappa shape index (κ1) is 14.8. The van der Waals surface area contributed by atoms with E-state index in [9.17, 15) is 8.42 Å². The van der Waals surface area contributed by atoms with Crippen molar-refractivity contribution in [3.05, 3.63) is 28.2 Å². The highest BCUT2D eigenvalue weighted by atomic mass is 79.9. The molecule has 0 unspecified atom stereocenters. The van der Waals surface area contributed by atoms with E-state index in [0.29, 0.717) is 5.69 Å². The lowest BCUT2D eigenvalue weighted by Crippen LogP contribution is -2.33. The van der Waals surface area contributed by atoms with E-state index in [4.69, 9.17) is 0 Å². The summed E-state index contributed by atoms with van der Waals surface area (Å²) in [5, 5.41) is 3.24. The number of hydrogen-bond acceptors (Lipinski definition) is 3. The number of hydrogen-bond donors (Lipinski definition) is 2. The average Bonchev–Trinajstić information content (AvgIpc) is 2.34. The van der Waals surface area contributed by atoms with Gasteiger partial charge in [0.2, 0.25) is 10.0 Å². The first-order valence-corrected chi connectivity index (χ1v) is 8.88. The zero-order chi connectivity index (χ0) is 13.9. The molecule has 0 radical (unpaired) electrons. The van der Waals surface area contributed by atoms with Gasteiger partial charge in [0.05, 0.1) is 5.75 Å². The number of sulfonamides is 1. The van der Waals surface area contributed by atoms with Crippen molar-refractivity contribution in [2.45, 2.75) is 19.8 Å². The third-order valence-corrected chi connectivity index (χ3v) is 5.69. The fraction of sp³-hybridized carbons (Fsp3) is 0.538. The van der Waals surface area contributed by atoms with Gasteiger partial charge >= 0.3 is 0 Å². The second-order valence-corrected chi connectivity index (χ2v) is 7.66. The molecule has 0 aromatic heterocycles. The Balaban J connectivity index is 2.01. The van der Waals surface area contributed by atoms with E-state index in [2.05, 4.69) is 26.0 Å². The summed E-state index contributed by atoms with van der Waals surface area (Å²) in [6, 6.07) is 5.47. The van der Waals surface area contributed by atoms with Crippen LogP contribution in [0.4, 0.5) is 5.69 Å². The van der Waals surface area contributed by atoms with Crippen molar-refractivity contribution in [2.24, 2.45) is 5.92 Å². The van der Waals surface area contributed by atoms with Crippen molar-refractivity contribution in [1.29, 1.82) is 0 Å². The molecule has 1 aliphatic heterocycles. The number of piperidine rings is 1. The number of nitrogens with one attached hydrogen (secondary N) is 2. The summed E-state index contributed by atoms with van der Waals surface area (Å²) in [6.07, 6.45) is 1.86. The number of halogens is 1. The van der Waals surface area contributed by atoms with Gasteiger partial charge in [0.25, 0.3) is 0 Å². The third kappa shape index (κ3) is 4.47. The molecule has 2 N–H and O–H groups in total. The van der Waals surface area contributed by atoms with Crippen LogP contribution >= 0.6 is 15.9 Å². The van der Waals surface area contributed by atoms with Crippen LogP contribution in [0.3, 0.4) is 0 Å². The average molecular weight is 347 g/mol. The van der Waals surface area contributed by atoms with Crippen LogP contribution in [0.2, 0.25) is 0 Å². The zero-order valence-corrected chi connectivity index (χ0v) is 13.4. The van der Waals surface area contributed by atoms with Gasteiger partial charge in [-0.2, -0.15) is 0 Å². The molecule has 0 aliphatic carbocycles. The lowest BCUT2D eigenvalue weighted by atomic mass is 10.0. The first-order valence-electron chi connectivity index (χ1n) is 6.44. The van der Waals surface area contributed by atoms with Crippen LogP contribution in [0.15, 0.2) is 22.7 Å². The third-order valence-electron chi connectivity index (χ3n) is 3.35. The molecule has 1 aromatic rings. The Morgan fingerprint density at radius 2 is 2.05 bits per heavy atom. The maximum Gasteiger partial charge on any atom is 0.232 e. The minimum Gasteiger partial charge on any atom is -0.317 e. The molecule has 0 spiro atoms. The second-order valence-electron chi connectivity index (χ2n) is 5.04. The van der Waals surface area contributed by atoms with Gasteiger partial charge in [0.15, 0.2) is 0 Å². The Kier molecular flexibility index (Phi) is 4.86. The first-order chi connectivity index (χ1) is 8.96. The van der Waals surface area contributed by atoms with Crippen molar-refractivity contribution < 1.29 is 8.42 Å². The molecule has 1 saturated heterocycles. The summed E-state index contributed by atoms with van der Waals surface area (Å²) in [5.41, 5.74) is 1.65. The molecule has 6 heteroatoms. The molecule has 1 aliphatic rings. The van der Waals surface area contributed by atoms with Crippen LogP contribution in [0.1, 0.15) is 18.4 Å². The number of rotatable bonds is 4. The lowest BCUT2D eigenvalue weighted by molar-refractivity contribution is 0.402. The summed E-state index contributed by atoms with van der Waals surface area (Å²) in [4.78, 5) is 0. The monoisotopic (exact) mass is 346 g/mol. The molecule has 4 nitrogen and oxygen atoms in total. The smallest absolute Gasteiger partial charge is 0.232 e. The van der Waals surface area contributed by atoms with Gasteiger partial charge in [-0.3, -0.25) is 4.72 Å². The molecule has 0 amide bonds. The van der Waals surface area contributed by atoms with Crippen molar-refractivity contribution in [1.82, 2.24) is 5.32 Å². The SMILES string of the molecule is Cc1cc(NS(=O)(=O)CC2CCNCC2)ccc1Br. The van der Waals surface area contributed by atoms with Crippen molar-refractivity contribution in [3.63, 3.8) is 0 Å². The Labute approximate surface area is 123 Å². The quantitative estimate of drug-likeness (QED) is 0.880. The molecular formula is C13H19BrN2O2S. The fourth-order valence-corrected chi connectivity index (χ4v) is 4.06. The molecule has 19 heavy (non-hydrogen) atoms. The van der Waals surface area contributed by atoms with Gasteiger partial charge in [0.1, 0.15) is 0 Å². The fourth-order valence-electron chi connectivity index (χ4n) is 2.29. The van der Waals surface area contributed by atoms with Gasteiger partial charge in [-0.05, 0) is 62.5 Å². The predicted octanol–water partition coefficient (Wildman–Crippen LogP) is 2.50. The van der Waals surface area contributed by atoms with Crippen molar-refractivity contribution in [3.8, 4) is 0 Å². The Morgan fingerprint density at radius 1 is 1.37 bits per heavy atom. The summed E-state index contributed by atoms with van der Waals surface area (Å²) in [5.74, 6) is 0.472. The maximum atomic E-state index is 12.1. The van der Waals surface area contributed by atoms with Crippen molar-refractivity contribution in [2.75, 3.05) is 23.6 Å². The largest absolute Gasteiger partial charge is 0.317 e. The molecule has 0 atom stereocenters. The van der Waals surface area contributed by atoms with Crippen LogP contribution in [-0.4, -0.2) is 27.3 Å². The summed E-state index contributed by atoms with van der Waals surface area (Å²) < 4.78 is 27.9. The highest BCUT2D eigenvalue weighted by Gasteiger charge is 2.21. The Hall–Kier alpha value is -0.590. The molecule has 0 bridgehead atoms. The standard InChI is InChI=1S/C13H19BrN2O2S/c1-10-8-12(2-3-13(10)14)16-19(17,18)9-11-4-6-15-7-5-11/h2-3,8,11,15-16H,4-7,9H2,1H3. The minimum atomic E-state index is -3.26. The van der Waals surface area contributed by atoms with E-state index in [1.807, 2.05) is 19.1 Å². The number of aryl methyl sites for hydroxylation is 1.